The van der Waals surface area contributed by atoms with Crippen LogP contribution < -0.4 is 5.32 Å². The van der Waals surface area contributed by atoms with E-state index in [1.165, 1.54) is 6.07 Å². The van der Waals surface area contributed by atoms with Gasteiger partial charge in [-0.1, -0.05) is 0 Å². The topological polar surface area (TPSA) is 29.1 Å². The Labute approximate surface area is 106 Å². The summed E-state index contributed by atoms with van der Waals surface area (Å²) >= 11 is 1.73. The van der Waals surface area contributed by atoms with Crippen LogP contribution in [0.4, 0.5) is 8.78 Å². The van der Waals surface area contributed by atoms with Crippen molar-refractivity contribution in [2.45, 2.75) is 25.3 Å². The van der Waals surface area contributed by atoms with Crippen molar-refractivity contribution in [3.8, 4) is 0 Å². The molecule has 1 aromatic carbocycles. The summed E-state index contributed by atoms with van der Waals surface area (Å²) in [5.74, 6) is -1.94. The Morgan fingerprint density at radius 3 is 2.56 bits per heavy atom. The van der Waals surface area contributed by atoms with E-state index in [-0.39, 0.29) is 14.7 Å². The molecule has 0 aromatic heterocycles. The van der Waals surface area contributed by atoms with Gasteiger partial charge in [0, 0.05) is 15.2 Å². The highest BCUT2D eigenvalue weighted by molar-refractivity contribution is 14.1. The molecule has 0 saturated heterocycles. The van der Waals surface area contributed by atoms with Crippen LogP contribution in [0.3, 0.4) is 0 Å². The predicted octanol–water partition coefficient (Wildman–Crippen LogP) is 2.85. The van der Waals surface area contributed by atoms with Gasteiger partial charge in [-0.15, -0.1) is 0 Å². The first-order chi connectivity index (χ1) is 7.41. The average Bonchev–Trinajstić information content (AvgIpc) is 2.89. The number of hydrogen-bond donors (Lipinski definition) is 1. The zero-order valence-electron chi connectivity index (χ0n) is 8.61. The molecule has 1 aromatic rings. The molecule has 1 amide bonds. The second-order valence-electron chi connectivity index (χ2n) is 4.26. The first-order valence-electron chi connectivity index (χ1n) is 4.88. The molecular weight excluding hydrogens is 327 g/mol. The molecule has 16 heavy (non-hydrogen) atoms. The Balaban J connectivity index is 2.26. The van der Waals surface area contributed by atoms with Crippen LogP contribution in [0.5, 0.6) is 0 Å². The van der Waals surface area contributed by atoms with E-state index >= 15 is 0 Å². The third kappa shape index (κ3) is 2.34. The van der Waals surface area contributed by atoms with E-state index in [4.69, 9.17) is 0 Å². The van der Waals surface area contributed by atoms with Crippen molar-refractivity contribution in [1.82, 2.24) is 5.32 Å². The second kappa shape index (κ2) is 3.94. The fourth-order valence-electron chi connectivity index (χ4n) is 1.35. The number of benzene rings is 1. The monoisotopic (exact) mass is 337 g/mol. The summed E-state index contributed by atoms with van der Waals surface area (Å²) in [6, 6.07) is 1.97. The number of nitrogens with one attached hydrogen (secondary N) is 1. The predicted molar refractivity (Wildman–Crippen MR) is 64.2 cm³/mol. The van der Waals surface area contributed by atoms with Crippen LogP contribution in [0.1, 0.15) is 30.1 Å². The van der Waals surface area contributed by atoms with E-state index in [0.717, 1.165) is 18.9 Å². The van der Waals surface area contributed by atoms with Gasteiger partial charge >= 0.3 is 0 Å². The number of rotatable bonds is 2. The van der Waals surface area contributed by atoms with Gasteiger partial charge in [0.05, 0.1) is 5.56 Å². The molecule has 0 spiro atoms. The van der Waals surface area contributed by atoms with E-state index < -0.39 is 17.5 Å². The lowest BCUT2D eigenvalue weighted by molar-refractivity contribution is 0.0931. The minimum atomic E-state index is -0.820. The van der Waals surface area contributed by atoms with Crippen molar-refractivity contribution in [2.24, 2.45) is 0 Å². The second-order valence-corrected chi connectivity index (χ2v) is 5.42. The molecule has 0 aliphatic heterocycles. The lowest BCUT2D eigenvalue weighted by Gasteiger charge is -2.12. The molecule has 2 rings (SSSR count). The Morgan fingerprint density at radius 1 is 1.38 bits per heavy atom. The molecule has 0 heterocycles. The van der Waals surface area contributed by atoms with Gasteiger partial charge in [0.2, 0.25) is 0 Å². The molecule has 5 heteroatoms. The lowest BCUT2D eigenvalue weighted by atomic mass is 10.1. The van der Waals surface area contributed by atoms with Gasteiger partial charge in [-0.3, -0.25) is 4.79 Å². The van der Waals surface area contributed by atoms with Crippen molar-refractivity contribution in [2.75, 3.05) is 0 Å². The Hall–Kier alpha value is -0.720. The van der Waals surface area contributed by atoms with Gasteiger partial charge in [-0.2, -0.15) is 0 Å². The molecule has 1 fully saturated rings. The summed E-state index contributed by atoms with van der Waals surface area (Å²) in [5.41, 5.74) is -0.303. The molecule has 0 atom stereocenters. The first-order valence-corrected chi connectivity index (χ1v) is 5.96. The van der Waals surface area contributed by atoms with Crippen molar-refractivity contribution in [1.29, 1.82) is 0 Å². The third-order valence-corrected chi connectivity index (χ3v) is 3.50. The first kappa shape index (κ1) is 11.8. The van der Waals surface area contributed by atoms with Crippen molar-refractivity contribution >= 4 is 28.5 Å². The quantitative estimate of drug-likeness (QED) is 0.653. The fourth-order valence-corrected chi connectivity index (χ4v) is 1.82. The number of halogens is 3. The average molecular weight is 337 g/mol. The lowest BCUT2D eigenvalue weighted by Crippen LogP contribution is -2.34. The molecular formula is C11H10F2INO. The summed E-state index contributed by atoms with van der Waals surface area (Å²) in [6.45, 7) is 1.90. The van der Waals surface area contributed by atoms with Gasteiger partial charge in [0.15, 0.2) is 0 Å². The van der Waals surface area contributed by atoms with Gasteiger partial charge in [0.1, 0.15) is 11.6 Å². The van der Waals surface area contributed by atoms with Crippen LogP contribution in [-0.4, -0.2) is 11.4 Å². The SMILES string of the molecule is CC1(NC(=O)c2cc(I)c(F)cc2F)CC1. The standard InChI is InChI=1S/C11H10F2INO/c1-11(2-3-11)15-10(16)6-4-9(14)8(13)5-7(6)12/h4-5H,2-3H2,1H3,(H,15,16). The van der Waals surface area contributed by atoms with E-state index in [1.807, 2.05) is 6.92 Å². The molecule has 1 aliphatic carbocycles. The highest BCUT2D eigenvalue weighted by Crippen LogP contribution is 2.34. The van der Waals surface area contributed by atoms with E-state index in [0.29, 0.717) is 0 Å². The minimum absolute atomic E-state index is 0.0982. The maximum Gasteiger partial charge on any atom is 0.254 e. The molecule has 0 unspecified atom stereocenters. The number of amides is 1. The van der Waals surface area contributed by atoms with Crippen molar-refractivity contribution in [3.05, 3.63) is 32.9 Å². The Bertz CT molecular complexity index is 458. The molecule has 2 nitrogen and oxygen atoms in total. The van der Waals surface area contributed by atoms with E-state index in [9.17, 15) is 13.6 Å². The molecule has 1 aliphatic rings. The molecule has 1 saturated carbocycles. The summed E-state index contributed by atoms with van der Waals surface area (Å²) in [7, 11) is 0. The maximum atomic E-state index is 13.4. The zero-order chi connectivity index (χ0) is 11.9. The summed E-state index contributed by atoms with van der Waals surface area (Å²) in [5, 5.41) is 2.73. The van der Waals surface area contributed by atoms with Crippen molar-refractivity contribution in [3.63, 3.8) is 0 Å². The third-order valence-electron chi connectivity index (χ3n) is 2.67. The van der Waals surface area contributed by atoms with Crippen LogP contribution in [0.25, 0.3) is 0 Å². The highest BCUT2D eigenvalue weighted by atomic mass is 127. The summed E-state index contributed by atoms with van der Waals surface area (Å²) in [4.78, 5) is 11.7. The molecule has 0 radical (unpaired) electrons. The van der Waals surface area contributed by atoms with Gasteiger partial charge in [-0.05, 0) is 48.4 Å². The molecule has 0 bridgehead atoms. The van der Waals surface area contributed by atoms with E-state index in [2.05, 4.69) is 5.32 Å². The van der Waals surface area contributed by atoms with Crippen molar-refractivity contribution < 1.29 is 13.6 Å². The zero-order valence-corrected chi connectivity index (χ0v) is 10.8. The van der Waals surface area contributed by atoms with E-state index in [1.54, 1.807) is 22.6 Å². The van der Waals surface area contributed by atoms with Crippen LogP contribution >= 0.6 is 22.6 Å². The molecule has 86 valence electrons. The number of hydrogen-bond acceptors (Lipinski definition) is 1. The summed E-state index contributed by atoms with van der Waals surface area (Å²) in [6.07, 6.45) is 1.80. The minimum Gasteiger partial charge on any atom is -0.347 e. The normalized spacial score (nSPS) is 17.0. The number of carbonyl (C=O) groups excluding carboxylic acids is 1. The van der Waals surface area contributed by atoms with Gasteiger partial charge in [0.25, 0.3) is 5.91 Å². The van der Waals surface area contributed by atoms with Crippen LogP contribution in [0.15, 0.2) is 12.1 Å². The summed E-state index contributed by atoms with van der Waals surface area (Å²) < 4.78 is 26.6. The van der Waals surface area contributed by atoms with Crippen LogP contribution in [-0.2, 0) is 0 Å². The Kier molecular flexibility index (Phi) is 2.90. The molecule has 1 N–H and O–H groups in total. The smallest absolute Gasteiger partial charge is 0.254 e. The van der Waals surface area contributed by atoms with Gasteiger partial charge < -0.3 is 5.32 Å². The van der Waals surface area contributed by atoms with Gasteiger partial charge in [-0.25, -0.2) is 8.78 Å². The Morgan fingerprint density at radius 2 is 2.00 bits per heavy atom. The van der Waals surface area contributed by atoms with Crippen LogP contribution in [0.2, 0.25) is 0 Å². The largest absolute Gasteiger partial charge is 0.347 e. The van der Waals surface area contributed by atoms with Crippen LogP contribution in [0, 0.1) is 15.2 Å². The highest BCUT2D eigenvalue weighted by Gasteiger charge is 2.39. The maximum absolute atomic E-state index is 13.4. The fraction of sp³-hybridized carbons (Fsp3) is 0.364. The number of carbonyl (C=O) groups is 1.